The highest BCUT2D eigenvalue weighted by Crippen LogP contribution is 2.27. The molecule has 1 unspecified atom stereocenters. The van der Waals surface area contributed by atoms with Gasteiger partial charge in [-0.25, -0.2) is 9.59 Å². The molecular weight excluding hydrogens is 248 g/mol. The van der Waals surface area contributed by atoms with Gasteiger partial charge in [-0.05, 0) is 31.2 Å². The minimum absolute atomic E-state index is 0.259. The molecule has 6 heteroatoms. The number of methoxy groups -OCH3 is 1. The third kappa shape index (κ3) is 2.53. The van der Waals surface area contributed by atoms with Crippen molar-refractivity contribution >= 4 is 17.7 Å². The molecule has 1 amide bonds. The Kier molecular flexibility index (Phi) is 3.44. The fraction of sp³-hybridized carbons (Fsp3) is 0.385. The lowest BCUT2D eigenvalue weighted by Gasteiger charge is -2.19. The molecule has 1 saturated heterocycles. The largest absolute Gasteiger partial charge is 0.465 e. The Hall–Kier alpha value is -2.08. The van der Waals surface area contributed by atoms with E-state index in [-0.39, 0.29) is 6.54 Å². The van der Waals surface area contributed by atoms with Crippen LogP contribution >= 0.6 is 0 Å². The van der Waals surface area contributed by atoms with E-state index in [2.05, 4.69) is 4.74 Å². The Balaban J connectivity index is 2.19. The third-order valence-corrected chi connectivity index (χ3v) is 3.08. The second kappa shape index (κ2) is 4.89. The van der Waals surface area contributed by atoms with Crippen molar-refractivity contribution in [3.8, 4) is 0 Å². The van der Waals surface area contributed by atoms with Gasteiger partial charge in [-0.2, -0.15) is 0 Å². The summed E-state index contributed by atoms with van der Waals surface area (Å²) >= 11 is 0. The highest BCUT2D eigenvalue weighted by atomic mass is 16.6. The van der Waals surface area contributed by atoms with Crippen LogP contribution in [0.1, 0.15) is 17.3 Å². The fourth-order valence-electron chi connectivity index (χ4n) is 1.90. The number of anilines is 1. The van der Waals surface area contributed by atoms with Gasteiger partial charge in [0.05, 0.1) is 19.2 Å². The Bertz CT molecular complexity index is 500. The van der Waals surface area contributed by atoms with E-state index >= 15 is 0 Å². The monoisotopic (exact) mass is 264 g/mol. The number of benzene rings is 1. The SMILES string of the molecule is COC(=O)c1ccc(N2CC(C)(CN)OC2=O)cc1. The number of carbonyl (C=O) groups excluding carboxylic acids is 2. The molecule has 2 rings (SSSR count). The number of rotatable bonds is 3. The Morgan fingerprint density at radius 2 is 2.11 bits per heavy atom. The van der Waals surface area contributed by atoms with E-state index in [0.717, 1.165) is 0 Å². The number of amides is 1. The molecule has 0 aliphatic carbocycles. The zero-order valence-corrected chi connectivity index (χ0v) is 10.9. The van der Waals surface area contributed by atoms with Crippen LogP contribution < -0.4 is 10.6 Å². The van der Waals surface area contributed by atoms with Crippen molar-refractivity contribution in [1.82, 2.24) is 0 Å². The quantitative estimate of drug-likeness (QED) is 0.828. The van der Waals surface area contributed by atoms with Gasteiger partial charge in [0, 0.05) is 12.2 Å². The first-order valence-corrected chi connectivity index (χ1v) is 5.88. The molecule has 2 N–H and O–H groups in total. The Morgan fingerprint density at radius 3 is 2.58 bits per heavy atom. The molecule has 1 heterocycles. The number of hydrogen-bond donors (Lipinski definition) is 1. The van der Waals surface area contributed by atoms with Crippen LogP contribution in [0.15, 0.2) is 24.3 Å². The van der Waals surface area contributed by atoms with Gasteiger partial charge >= 0.3 is 12.1 Å². The molecule has 0 saturated carbocycles. The van der Waals surface area contributed by atoms with Gasteiger partial charge in [0.15, 0.2) is 0 Å². The van der Waals surface area contributed by atoms with Crippen LogP contribution in [-0.4, -0.2) is 37.9 Å². The summed E-state index contributed by atoms with van der Waals surface area (Å²) < 4.78 is 9.85. The molecule has 1 aromatic carbocycles. The van der Waals surface area contributed by atoms with E-state index in [1.807, 2.05) is 0 Å². The molecule has 1 aliphatic heterocycles. The number of nitrogens with zero attached hydrogens (tertiary/aromatic N) is 1. The standard InChI is InChI=1S/C13H16N2O4/c1-13(7-14)8-15(12(17)19-13)10-5-3-9(4-6-10)11(16)18-2/h3-6H,7-8,14H2,1-2H3. The van der Waals surface area contributed by atoms with Gasteiger partial charge in [-0.3, -0.25) is 4.90 Å². The van der Waals surface area contributed by atoms with Crippen LogP contribution in [0, 0.1) is 0 Å². The average Bonchev–Trinajstić information content (AvgIpc) is 2.74. The number of esters is 1. The number of cyclic esters (lactones) is 1. The van der Waals surface area contributed by atoms with Crippen molar-refractivity contribution in [1.29, 1.82) is 0 Å². The van der Waals surface area contributed by atoms with Crippen LogP contribution in [-0.2, 0) is 9.47 Å². The maximum absolute atomic E-state index is 11.8. The van der Waals surface area contributed by atoms with Crippen LogP contribution in [0.2, 0.25) is 0 Å². The van der Waals surface area contributed by atoms with Gasteiger partial charge < -0.3 is 15.2 Å². The molecule has 19 heavy (non-hydrogen) atoms. The molecule has 6 nitrogen and oxygen atoms in total. The number of nitrogens with two attached hydrogens (primary N) is 1. The second-order valence-electron chi connectivity index (χ2n) is 4.65. The summed E-state index contributed by atoms with van der Waals surface area (Å²) in [5, 5.41) is 0. The molecule has 1 atom stereocenters. The molecular formula is C13H16N2O4. The lowest BCUT2D eigenvalue weighted by atomic mass is 10.1. The zero-order chi connectivity index (χ0) is 14.0. The molecule has 1 fully saturated rings. The van der Waals surface area contributed by atoms with Crippen molar-refractivity contribution < 1.29 is 19.1 Å². The second-order valence-corrected chi connectivity index (χ2v) is 4.65. The predicted octanol–water partition coefficient (Wildman–Crippen LogP) is 1.15. The lowest BCUT2D eigenvalue weighted by molar-refractivity contribution is 0.0600. The average molecular weight is 264 g/mol. The Labute approximate surface area is 111 Å². The molecule has 0 spiro atoms. The molecule has 1 aromatic rings. The highest BCUT2D eigenvalue weighted by Gasteiger charge is 2.41. The first-order chi connectivity index (χ1) is 8.99. The number of ether oxygens (including phenoxy) is 2. The van der Waals surface area contributed by atoms with E-state index in [1.54, 1.807) is 31.2 Å². The van der Waals surface area contributed by atoms with Gasteiger partial charge in [-0.15, -0.1) is 0 Å². The molecule has 1 aliphatic rings. The first-order valence-electron chi connectivity index (χ1n) is 5.88. The van der Waals surface area contributed by atoms with Gasteiger partial charge in [0.25, 0.3) is 0 Å². The summed E-state index contributed by atoms with van der Waals surface area (Å²) in [6.07, 6.45) is -0.432. The van der Waals surface area contributed by atoms with Crippen LogP contribution in [0.3, 0.4) is 0 Å². The minimum atomic E-state index is -0.669. The molecule has 0 aromatic heterocycles. The highest BCUT2D eigenvalue weighted by molar-refractivity contribution is 5.93. The van der Waals surface area contributed by atoms with E-state index in [0.29, 0.717) is 17.8 Å². The summed E-state index contributed by atoms with van der Waals surface area (Å²) in [5.41, 5.74) is 6.01. The van der Waals surface area contributed by atoms with Crippen molar-refractivity contribution in [2.75, 3.05) is 25.1 Å². The summed E-state index contributed by atoms with van der Waals surface area (Å²) in [5.74, 6) is -0.414. The van der Waals surface area contributed by atoms with Crippen molar-refractivity contribution in [2.24, 2.45) is 5.73 Å². The van der Waals surface area contributed by atoms with E-state index < -0.39 is 17.7 Å². The maximum Gasteiger partial charge on any atom is 0.415 e. The molecule has 0 bridgehead atoms. The smallest absolute Gasteiger partial charge is 0.415 e. The zero-order valence-electron chi connectivity index (χ0n) is 10.9. The van der Waals surface area contributed by atoms with E-state index in [9.17, 15) is 9.59 Å². The minimum Gasteiger partial charge on any atom is -0.465 e. The Morgan fingerprint density at radius 1 is 1.47 bits per heavy atom. The lowest BCUT2D eigenvalue weighted by Crippen LogP contribution is -2.38. The van der Waals surface area contributed by atoms with Crippen LogP contribution in [0.25, 0.3) is 0 Å². The third-order valence-electron chi connectivity index (χ3n) is 3.08. The normalized spacial score (nSPS) is 22.3. The van der Waals surface area contributed by atoms with Crippen LogP contribution in [0.4, 0.5) is 10.5 Å². The van der Waals surface area contributed by atoms with Gasteiger partial charge in [0.2, 0.25) is 0 Å². The summed E-state index contributed by atoms with van der Waals surface area (Å²) in [6.45, 7) is 2.43. The van der Waals surface area contributed by atoms with E-state index in [1.165, 1.54) is 12.0 Å². The van der Waals surface area contributed by atoms with Gasteiger partial charge in [-0.1, -0.05) is 0 Å². The van der Waals surface area contributed by atoms with Crippen molar-refractivity contribution in [3.05, 3.63) is 29.8 Å². The predicted molar refractivity (Wildman–Crippen MR) is 69.1 cm³/mol. The number of carbonyl (C=O) groups is 2. The molecule has 0 radical (unpaired) electrons. The fourth-order valence-corrected chi connectivity index (χ4v) is 1.90. The van der Waals surface area contributed by atoms with Gasteiger partial charge in [0.1, 0.15) is 5.60 Å². The summed E-state index contributed by atoms with van der Waals surface area (Å²) in [6, 6.07) is 6.56. The topological polar surface area (TPSA) is 81.9 Å². The maximum atomic E-state index is 11.8. The van der Waals surface area contributed by atoms with Crippen molar-refractivity contribution in [3.63, 3.8) is 0 Å². The van der Waals surface area contributed by atoms with Crippen LogP contribution in [0.5, 0.6) is 0 Å². The summed E-state index contributed by atoms with van der Waals surface area (Å²) in [7, 11) is 1.32. The molecule has 102 valence electrons. The number of hydrogen-bond acceptors (Lipinski definition) is 5. The summed E-state index contributed by atoms with van der Waals surface area (Å²) in [4.78, 5) is 24.6. The van der Waals surface area contributed by atoms with E-state index in [4.69, 9.17) is 10.5 Å². The van der Waals surface area contributed by atoms with Crippen molar-refractivity contribution in [2.45, 2.75) is 12.5 Å². The first kappa shape index (κ1) is 13.4.